The molecule has 1 atom stereocenters. The lowest BCUT2D eigenvalue weighted by atomic mass is 10.2. The summed E-state index contributed by atoms with van der Waals surface area (Å²) in [6.07, 6.45) is 1.22. The lowest BCUT2D eigenvalue weighted by Crippen LogP contribution is -2.40. The number of aryl methyl sites for hydroxylation is 1. The number of rotatable bonds is 3. The second kappa shape index (κ2) is 6.15. The largest absolute Gasteiger partial charge is 0.377 e. The summed E-state index contributed by atoms with van der Waals surface area (Å²) in [4.78, 5) is 21.0. The number of aromatic nitrogens is 2. The number of hydrogen-bond acceptors (Lipinski definition) is 7. The van der Waals surface area contributed by atoms with E-state index >= 15 is 0 Å². The Morgan fingerprint density at radius 1 is 1.59 bits per heavy atom. The molecule has 0 unspecified atom stereocenters. The van der Waals surface area contributed by atoms with Gasteiger partial charge in [0.25, 0.3) is 5.69 Å². The van der Waals surface area contributed by atoms with E-state index in [0.29, 0.717) is 25.6 Å². The van der Waals surface area contributed by atoms with Crippen molar-refractivity contribution in [1.29, 1.82) is 0 Å². The number of nitrogens with zero attached hydrogens (tertiary/aromatic N) is 4. The first-order chi connectivity index (χ1) is 10.6. The molecule has 3 rings (SSSR count). The molecule has 22 heavy (non-hydrogen) atoms. The highest BCUT2D eigenvalue weighted by molar-refractivity contribution is 7.09. The molecule has 9 heteroatoms. The van der Waals surface area contributed by atoms with Gasteiger partial charge in [-0.3, -0.25) is 10.1 Å². The van der Waals surface area contributed by atoms with Crippen LogP contribution in [0.5, 0.6) is 0 Å². The molecule has 0 amide bonds. The van der Waals surface area contributed by atoms with Crippen LogP contribution in [0.2, 0.25) is 5.02 Å². The van der Waals surface area contributed by atoms with E-state index < -0.39 is 4.92 Å². The third kappa shape index (κ3) is 2.90. The zero-order valence-corrected chi connectivity index (χ0v) is 13.3. The fourth-order valence-electron chi connectivity index (χ4n) is 2.32. The smallest absolute Gasteiger partial charge is 0.289 e. The zero-order chi connectivity index (χ0) is 15.7. The summed E-state index contributed by atoms with van der Waals surface area (Å²) in [5.74, 6) is 0.522. The van der Waals surface area contributed by atoms with Crippen molar-refractivity contribution in [2.75, 3.05) is 24.7 Å². The third-order valence-electron chi connectivity index (χ3n) is 3.34. The quantitative estimate of drug-likeness (QED) is 0.631. The van der Waals surface area contributed by atoms with Crippen molar-refractivity contribution in [1.82, 2.24) is 9.97 Å². The van der Waals surface area contributed by atoms with Gasteiger partial charge >= 0.3 is 0 Å². The highest BCUT2D eigenvalue weighted by Gasteiger charge is 2.30. The molecule has 1 aliphatic rings. The molecule has 116 valence electrons. The van der Waals surface area contributed by atoms with Crippen LogP contribution in [0.15, 0.2) is 17.6 Å². The minimum absolute atomic E-state index is 0.0843. The average Bonchev–Trinajstić information content (AvgIpc) is 2.93. The monoisotopic (exact) mass is 340 g/mol. The predicted molar refractivity (Wildman–Crippen MR) is 83.7 cm³/mol. The van der Waals surface area contributed by atoms with E-state index in [0.717, 1.165) is 10.7 Å². The molecule has 0 saturated carbocycles. The third-order valence-corrected chi connectivity index (χ3v) is 4.68. The summed E-state index contributed by atoms with van der Waals surface area (Å²) in [6, 6.07) is 1.24. The number of ether oxygens (including phenoxy) is 1. The standard InChI is InChI=1S/C13H13ClN4O3S/c1-8-7-22-13(16-8)11-6-21-3-2-17(11)12-10(14)4-9(5-15-12)18(19)20/h4-5,7,11H,2-3,6H2,1H3/t11-/m0/s1. The molecule has 1 saturated heterocycles. The van der Waals surface area contributed by atoms with Gasteiger partial charge in [-0.25, -0.2) is 9.97 Å². The Morgan fingerprint density at radius 2 is 2.41 bits per heavy atom. The van der Waals surface area contributed by atoms with E-state index in [9.17, 15) is 10.1 Å². The van der Waals surface area contributed by atoms with Crippen molar-refractivity contribution in [2.45, 2.75) is 13.0 Å². The number of morpholine rings is 1. The molecule has 1 fully saturated rings. The molecule has 3 heterocycles. The molecule has 0 spiro atoms. The van der Waals surface area contributed by atoms with Crippen molar-refractivity contribution in [3.05, 3.63) is 43.5 Å². The van der Waals surface area contributed by atoms with E-state index in [1.165, 1.54) is 12.3 Å². The number of thiazole rings is 1. The van der Waals surface area contributed by atoms with Crippen LogP contribution in [0.4, 0.5) is 11.5 Å². The predicted octanol–water partition coefficient (Wildman–Crippen LogP) is 2.99. The molecule has 1 aliphatic heterocycles. The van der Waals surface area contributed by atoms with Gasteiger partial charge in [0.05, 0.1) is 23.2 Å². The van der Waals surface area contributed by atoms with Crippen LogP contribution in [-0.4, -0.2) is 34.6 Å². The molecule has 0 bridgehead atoms. The summed E-state index contributed by atoms with van der Waals surface area (Å²) in [6.45, 7) is 3.58. The van der Waals surface area contributed by atoms with Crippen LogP contribution in [0.25, 0.3) is 0 Å². The van der Waals surface area contributed by atoms with Crippen LogP contribution in [0.3, 0.4) is 0 Å². The lowest BCUT2D eigenvalue weighted by Gasteiger charge is -2.35. The summed E-state index contributed by atoms with van der Waals surface area (Å²) >= 11 is 7.75. The van der Waals surface area contributed by atoms with Gasteiger partial charge in [-0.2, -0.15) is 0 Å². The lowest BCUT2D eigenvalue weighted by molar-refractivity contribution is -0.385. The Labute approximate surface area is 135 Å². The minimum atomic E-state index is -0.510. The fourth-order valence-corrected chi connectivity index (χ4v) is 3.48. The van der Waals surface area contributed by atoms with Crippen molar-refractivity contribution in [3.8, 4) is 0 Å². The number of pyridine rings is 1. The van der Waals surface area contributed by atoms with Crippen molar-refractivity contribution < 1.29 is 9.66 Å². The van der Waals surface area contributed by atoms with Crippen LogP contribution in [0.1, 0.15) is 16.7 Å². The number of anilines is 1. The van der Waals surface area contributed by atoms with E-state index in [-0.39, 0.29) is 16.8 Å². The molecule has 2 aromatic heterocycles. The molecule has 0 aromatic carbocycles. The zero-order valence-electron chi connectivity index (χ0n) is 11.7. The summed E-state index contributed by atoms with van der Waals surface area (Å²) in [7, 11) is 0. The van der Waals surface area contributed by atoms with Gasteiger partial charge in [0, 0.05) is 23.7 Å². The normalized spacial score (nSPS) is 18.5. The summed E-state index contributed by atoms with van der Waals surface area (Å²) in [5.41, 5.74) is 0.830. The van der Waals surface area contributed by atoms with Gasteiger partial charge in [-0.05, 0) is 6.92 Å². The van der Waals surface area contributed by atoms with E-state index in [1.807, 2.05) is 17.2 Å². The maximum atomic E-state index is 10.8. The second-order valence-electron chi connectivity index (χ2n) is 4.87. The number of halogens is 1. The minimum Gasteiger partial charge on any atom is -0.377 e. The van der Waals surface area contributed by atoms with Gasteiger partial charge < -0.3 is 9.64 Å². The van der Waals surface area contributed by atoms with Crippen LogP contribution < -0.4 is 4.90 Å². The first-order valence-electron chi connectivity index (χ1n) is 6.62. The molecule has 0 aliphatic carbocycles. The molecule has 0 radical (unpaired) electrons. The molecular weight excluding hydrogens is 328 g/mol. The van der Waals surface area contributed by atoms with Crippen molar-refractivity contribution in [3.63, 3.8) is 0 Å². The molecule has 7 nitrogen and oxygen atoms in total. The molecule has 0 N–H and O–H groups in total. The van der Waals surface area contributed by atoms with Gasteiger partial charge in [-0.1, -0.05) is 11.6 Å². The Kier molecular flexibility index (Phi) is 4.23. The van der Waals surface area contributed by atoms with Gasteiger partial charge in [0.2, 0.25) is 0 Å². The van der Waals surface area contributed by atoms with Crippen LogP contribution in [0, 0.1) is 17.0 Å². The Hall–Kier alpha value is -1.77. The summed E-state index contributed by atoms with van der Waals surface area (Å²) < 4.78 is 5.55. The van der Waals surface area contributed by atoms with E-state index in [2.05, 4.69) is 9.97 Å². The summed E-state index contributed by atoms with van der Waals surface area (Å²) in [5, 5.41) is 14.0. The highest BCUT2D eigenvalue weighted by atomic mass is 35.5. The average molecular weight is 341 g/mol. The van der Waals surface area contributed by atoms with Gasteiger partial charge in [0.15, 0.2) is 0 Å². The highest BCUT2D eigenvalue weighted by Crippen LogP contribution is 2.35. The van der Waals surface area contributed by atoms with Gasteiger partial charge in [0.1, 0.15) is 23.1 Å². The molecular formula is C13H13ClN4O3S. The first-order valence-corrected chi connectivity index (χ1v) is 7.88. The fraction of sp³-hybridized carbons (Fsp3) is 0.385. The van der Waals surface area contributed by atoms with Crippen LogP contribution in [-0.2, 0) is 4.74 Å². The first kappa shape index (κ1) is 15.1. The number of hydrogen-bond donors (Lipinski definition) is 0. The maximum absolute atomic E-state index is 10.8. The SMILES string of the molecule is Cc1csc([C@@H]2COCCN2c2ncc([N+](=O)[O-])cc2Cl)n1. The van der Waals surface area contributed by atoms with Crippen molar-refractivity contribution >= 4 is 34.4 Å². The topological polar surface area (TPSA) is 81.4 Å². The van der Waals surface area contributed by atoms with Crippen molar-refractivity contribution in [2.24, 2.45) is 0 Å². The van der Waals surface area contributed by atoms with Crippen LogP contribution >= 0.6 is 22.9 Å². The Morgan fingerprint density at radius 3 is 3.05 bits per heavy atom. The maximum Gasteiger partial charge on any atom is 0.289 e. The van der Waals surface area contributed by atoms with Gasteiger partial charge in [-0.15, -0.1) is 11.3 Å². The Bertz CT molecular complexity index is 708. The second-order valence-corrected chi connectivity index (χ2v) is 6.16. The Balaban J connectivity index is 1.95. The molecule has 2 aromatic rings. The van der Waals surface area contributed by atoms with E-state index in [1.54, 1.807) is 11.3 Å². The van der Waals surface area contributed by atoms with E-state index in [4.69, 9.17) is 16.3 Å². The number of nitro groups is 1.